The second-order valence-corrected chi connectivity index (χ2v) is 5.92. The molecule has 0 unspecified atom stereocenters. The number of para-hydroxylation sites is 1. The molecule has 2 aromatic carbocycles. The predicted octanol–water partition coefficient (Wildman–Crippen LogP) is 3.67. The number of benzene rings is 2. The second kappa shape index (κ2) is 7.12. The van der Waals surface area contributed by atoms with Gasteiger partial charge in [-0.1, -0.05) is 55.0 Å². The third kappa shape index (κ3) is 3.88. The second-order valence-electron chi connectivity index (χ2n) is 5.92. The molecule has 0 spiro atoms. The van der Waals surface area contributed by atoms with E-state index in [1.807, 2.05) is 30.3 Å². The number of amides is 1. The van der Waals surface area contributed by atoms with Gasteiger partial charge in [0.15, 0.2) is 0 Å². The molecule has 116 valence electrons. The number of likely N-dealkylation sites (N-methyl/N-ethyl adjacent to an activating group) is 1. The Labute approximate surface area is 133 Å². The minimum absolute atomic E-state index is 0.0794. The molecule has 2 atom stereocenters. The highest BCUT2D eigenvalue weighted by Gasteiger charge is 2.27. The van der Waals surface area contributed by atoms with Gasteiger partial charge in [0.1, 0.15) is 6.04 Å². The number of nitrogens with zero attached hydrogens (tertiary/aromatic N) is 1. The lowest BCUT2D eigenvalue weighted by atomic mass is 9.91. The summed E-state index contributed by atoms with van der Waals surface area (Å²) in [5.74, 6) is 0.160. The van der Waals surface area contributed by atoms with Crippen molar-refractivity contribution in [3.63, 3.8) is 0 Å². The van der Waals surface area contributed by atoms with E-state index in [0.29, 0.717) is 0 Å². The molecule has 0 bridgehead atoms. The highest BCUT2D eigenvalue weighted by Crippen LogP contribution is 2.24. The number of aryl methyl sites for hydroxylation is 1. The highest BCUT2D eigenvalue weighted by atomic mass is 16.2. The van der Waals surface area contributed by atoms with Gasteiger partial charge in [-0.15, -0.1) is 0 Å². The molecular weight excluding hydrogens is 272 g/mol. The van der Waals surface area contributed by atoms with E-state index in [1.54, 1.807) is 19.0 Å². The summed E-state index contributed by atoms with van der Waals surface area (Å²) in [5.41, 5.74) is 3.35. The highest BCUT2D eigenvalue weighted by molar-refractivity contribution is 5.85. The Balaban J connectivity index is 2.27. The van der Waals surface area contributed by atoms with Gasteiger partial charge in [-0.05, 0) is 24.6 Å². The largest absolute Gasteiger partial charge is 0.373 e. The van der Waals surface area contributed by atoms with Crippen LogP contribution < -0.4 is 5.32 Å². The standard InChI is InChI=1S/C19H24N2O/c1-14-10-12-16(13-11-14)15(2)18(19(22)21(3)4)20-17-8-6-5-7-9-17/h5-13,15,18,20H,1-4H3/t15-,18-/m0/s1. The third-order valence-corrected chi connectivity index (χ3v) is 3.91. The van der Waals surface area contributed by atoms with Gasteiger partial charge in [-0.2, -0.15) is 0 Å². The molecule has 22 heavy (non-hydrogen) atoms. The molecule has 0 saturated heterocycles. The first-order valence-electron chi connectivity index (χ1n) is 7.58. The zero-order chi connectivity index (χ0) is 16.1. The maximum absolute atomic E-state index is 12.6. The van der Waals surface area contributed by atoms with Crippen LogP contribution in [0.5, 0.6) is 0 Å². The molecule has 1 N–H and O–H groups in total. The summed E-state index contributed by atoms with van der Waals surface area (Å²) < 4.78 is 0. The van der Waals surface area contributed by atoms with E-state index in [2.05, 4.69) is 43.4 Å². The molecule has 0 saturated carbocycles. The minimum atomic E-state index is -0.292. The maximum Gasteiger partial charge on any atom is 0.245 e. The summed E-state index contributed by atoms with van der Waals surface area (Å²) in [6.07, 6.45) is 0. The van der Waals surface area contributed by atoms with Crippen molar-refractivity contribution in [3.8, 4) is 0 Å². The summed E-state index contributed by atoms with van der Waals surface area (Å²) in [7, 11) is 3.59. The zero-order valence-corrected chi connectivity index (χ0v) is 13.7. The molecule has 3 nitrogen and oxygen atoms in total. The third-order valence-electron chi connectivity index (χ3n) is 3.91. The zero-order valence-electron chi connectivity index (χ0n) is 13.7. The van der Waals surface area contributed by atoms with Gasteiger partial charge in [0.25, 0.3) is 0 Å². The molecule has 3 heteroatoms. The molecule has 1 amide bonds. The average Bonchev–Trinajstić information content (AvgIpc) is 2.53. The van der Waals surface area contributed by atoms with Gasteiger partial charge in [-0.25, -0.2) is 0 Å². The van der Waals surface area contributed by atoms with Crippen LogP contribution in [0, 0.1) is 6.92 Å². The van der Waals surface area contributed by atoms with Gasteiger partial charge >= 0.3 is 0 Å². The first kappa shape index (κ1) is 16.1. The van der Waals surface area contributed by atoms with Crippen molar-refractivity contribution in [3.05, 3.63) is 65.7 Å². The van der Waals surface area contributed by atoms with Crippen molar-refractivity contribution < 1.29 is 4.79 Å². The van der Waals surface area contributed by atoms with Crippen LogP contribution in [0.25, 0.3) is 0 Å². The van der Waals surface area contributed by atoms with Crippen molar-refractivity contribution in [1.29, 1.82) is 0 Å². The molecule has 2 rings (SSSR count). The van der Waals surface area contributed by atoms with E-state index in [-0.39, 0.29) is 17.9 Å². The fourth-order valence-corrected chi connectivity index (χ4v) is 2.46. The van der Waals surface area contributed by atoms with Crippen molar-refractivity contribution >= 4 is 11.6 Å². The lowest BCUT2D eigenvalue weighted by Crippen LogP contribution is -2.42. The number of hydrogen-bond donors (Lipinski definition) is 1. The van der Waals surface area contributed by atoms with Gasteiger partial charge in [0.05, 0.1) is 0 Å². The van der Waals surface area contributed by atoms with Crippen LogP contribution in [-0.4, -0.2) is 30.9 Å². The summed E-state index contributed by atoms with van der Waals surface area (Å²) in [6.45, 7) is 4.16. The van der Waals surface area contributed by atoms with E-state index in [4.69, 9.17) is 0 Å². The first-order chi connectivity index (χ1) is 10.5. The summed E-state index contributed by atoms with van der Waals surface area (Å²) in [6, 6.07) is 18.0. The molecule has 0 aromatic heterocycles. The van der Waals surface area contributed by atoms with Crippen LogP contribution in [-0.2, 0) is 4.79 Å². The Morgan fingerprint density at radius 2 is 1.59 bits per heavy atom. The lowest BCUT2D eigenvalue weighted by molar-refractivity contribution is -0.129. The number of hydrogen-bond acceptors (Lipinski definition) is 2. The fraction of sp³-hybridized carbons (Fsp3) is 0.316. The van der Waals surface area contributed by atoms with E-state index in [9.17, 15) is 4.79 Å². The Kier molecular flexibility index (Phi) is 5.21. The van der Waals surface area contributed by atoms with Gasteiger partial charge in [0, 0.05) is 25.7 Å². The average molecular weight is 296 g/mol. The van der Waals surface area contributed by atoms with Crippen LogP contribution in [0.4, 0.5) is 5.69 Å². The van der Waals surface area contributed by atoms with Crippen LogP contribution in [0.3, 0.4) is 0 Å². The van der Waals surface area contributed by atoms with Gasteiger partial charge in [-0.3, -0.25) is 4.79 Å². The summed E-state index contributed by atoms with van der Waals surface area (Å²) >= 11 is 0. The number of nitrogens with one attached hydrogen (secondary N) is 1. The Hall–Kier alpha value is -2.29. The summed E-state index contributed by atoms with van der Waals surface area (Å²) in [4.78, 5) is 14.2. The topological polar surface area (TPSA) is 32.3 Å². The van der Waals surface area contributed by atoms with Crippen LogP contribution >= 0.6 is 0 Å². The fourth-order valence-electron chi connectivity index (χ4n) is 2.46. The van der Waals surface area contributed by atoms with Crippen molar-refractivity contribution in [2.75, 3.05) is 19.4 Å². The number of rotatable bonds is 5. The predicted molar refractivity (Wildman–Crippen MR) is 92.1 cm³/mol. The lowest BCUT2D eigenvalue weighted by Gasteiger charge is -2.28. The van der Waals surface area contributed by atoms with E-state index >= 15 is 0 Å². The normalized spacial score (nSPS) is 13.3. The number of anilines is 1. The number of carbonyl (C=O) groups excluding carboxylic acids is 1. The monoisotopic (exact) mass is 296 g/mol. The molecule has 2 aromatic rings. The van der Waals surface area contributed by atoms with Crippen molar-refractivity contribution in [2.24, 2.45) is 0 Å². The number of carbonyl (C=O) groups is 1. The summed E-state index contributed by atoms with van der Waals surface area (Å²) in [5, 5.41) is 3.38. The quantitative estimate of drug-likeness (QED) is 0.913. The van der Waals surface area contributed by atoms with Crippen LogP contribution in [0.2, 0.25) is 0 Å². The van der Waals surface area contributed by atoms with Gasteiger partial charge < -0.3 is 10.2 Å². The molecule has 0 aliphatic rings. The SMILES string of the molecule is Cc1ccc([C@H](C)[C@H](Nc2ccccc2)C(=O)N(C)C)cc1. The molecule has 0 aliphatic heterocycles. The molecule has 0 radical (unpaired) electrons. The maximum atomic E-state index is 12.6. The molecule has 0 fully saturated rings. The molecule has 0 aliphatic carbocycles. The Bertz CT molecular complexity index is 605. The van der Waals surface area contributed by atoms with Crippen LogP contribution in [0.1, 0.15) is 24.0 Å². The van der Waals surface area contributed by atoms with E-state index in [0.717, 1.165) is 11.3 Å². The van der Waals surface area contributed by atoms with Crippen molar-refractivity contribution in [1.82, 2.24) is 4.90 Å². The van der Waals surface area contributed by atoms with E-state index < -0.39 is 0 Å². The molecular formula is C19H24N2O. The smallest absolute Gasteiger partial charge is 0.245 e. The molecule has 0 heterocycles. The minimum Gasteiger partial charge on any atom is -0.373 e. The van der Waals surface area contributed by atoms with Crippen LogP contribution in [0.15, 0.2) is 54.6 Å². The first-order valence-corrected chi connectivity index (χ1v) is 7.58. The van der Waals surface area contributed by atoms with Crippen molar-refractivity contribution in [2.45, 2.75) is 25.8 Å². The Morgan fingerprint density at radius 3 is 2.14 bits per heavy atom. The Morgan fingerprint density at radius 1 is 1.00 bits per heavy atom. The van der Waals surface area contributed by atoms with E-state index in [1.165, 1.54) is 5.56 Å². The van der Waals surface area contributed by atoms with Gasteiger partial charge in [0.2, 0.25) is 5.91 Å².